The fourth-order valence-electron chi connectivity index (χ4n) is 2.40. The highest BCUT2D eigenvalue weighted by molar-refractivity contribution is 5.76. The predicted octanol–water partition coefficient (Wildman–Crippen LogP) is 0.520. The van der Waals surface area contributed by atoms with Crippen LogP contribution in [-0.2, 0) is 22.5 Å². The van der Waals surface area contributed by atoms with Crippen molar-refractivity contribution >= 4 is 5.97 Å². The Morgan fingerprint density at radius 3 is 3.10 bits per heavy atom. The van der Waals surface area contributed by atoms with Crippen LogP contribution in [0.3, 0.4) is 0 Å². The van der Waals surface area contributed by atoms with E-state index in [-0.39, 0.29) is 5.97 Å². The van der Waals surface area contributed by atoms with Gasteiger partial charge in [0.25, 0.3) is 0 Å². The number of nitrogens with zero attached hydrogens (tertiary/aromatic N) is 3. The second-order valence-electron chi connectivity index (χ2n) is 5.07. The average molecular weight is 283 g/mol. The van der Waals surface area contributed by atoms with Crippen LogP contribution in [0.5, 0.6) is 0 Å². The number of β-amino-alcohol motifs (C(OH)–C–C–N with tert-alkyl or cyclic N) is 1. The molecule has 1 aliphatic rings. The number of methoxy groups -OCH3 is 1. The van der Waals surface area contributed by atoms with Crippen LogP contribution in [0, 0.1) is 0 Å². The molecule has 7 nitrogen and oxygen atoms in total. The van der Waals surface area contributed by atoms with Gasteiger partial charge in [0.05, 0.1) is 19.8 Å². The molecule has 0 amide bonds. The molecule has 1 aromatic heterocycles. The highest BCUT2D eigenvalue weighted by atomic mass is 16.5. The van der Waals surface area contributed by atoms with Gasteiger partial charge in [-0.15, -0.1) is 0 Å². The van der Waals surface area contributed by atoms with Gasteiger partial charge in [-0.25, -0.2) is 0 Å². The lowest BCUT2D eigenvalue weighted by Crippen LogP contribution is -2.36. The number of aryl methyl sites for hydroxylation is 1. The first-order valence-corrected chi connectivity index (χ1v) is 6.95. The minimum absolute atomic E-state index is 0.340. The fraction of sp³-hybridized carbons (Fsp3) is 0.769. The summed E-state index contributed by atoms with van der Waals surface area (Å²) in [4.78, 5) is 17.8. The number of hydrogen-bond donors (Lipinski definition) is 1. The van der Waals surface area contributed by atoms with Crippen molar-refractivity contribution in [2.24, 2.45) is 0 Å². The molecule has 0 bridgehead atoms. The van der Waals surface area contributed by atoms with Crippen LogP contribution in [0.25, 0.3) is 0 Å². The average Bonchev–Trinajstić information content (AvgIpc) is 3.03. The van der Waals surface area contributed by atoms with E-state index < -0.39 is 12.1 Å². The number of ether oxygens (including phenoxy) is 1. The van der Waals surface area contributed by atoms with E-state index in [4.69, 9.17) is 9.26 Å². The molecular weight excluding hydrogens is 262 g/mol. The molecule has 0 saturated carbocycles. The van der Waals surface area contributed by atoms with Gasteiger partial charge in [0, 0.05) is 19.4 Å². The first-order chi connectivity index (χ1) is 9.63. The van der Waals surface area contributed by atoms with Crippen LogP contribution in [0.2, 0.25) is 0 Å². The van der Waals surface area contributed by atoms with Gasteiger partial charge in [-0.05, 0) is 6.42 Å². The monoisotopic (exact) mass is 283 g/mol. The molecule has 1 aliphatic heterocycles. The Hall–Kier alpha value is -1.47. The zero-order valence-corrected chi connectivity index (χ0v) is 11.9. The summed E-state index contributed by atoms with van der Waals surface area (Å²) in [5, 5.41) is 13.6. The Kier molecular flexibility index (Phi) is 5.08. The summed E-state index contributed by atoms with van der Waals surface area (Å²) in [6.07, 6.45) is 2.74. The van der Waals surface area contributed by atoms with E-state index in [9.17, 15) is 9.90 Å². The van der Waals surface area contributed by atoms with Crippen molar-refractivity contribution in [1.29, 1.82) is 0 Å². The minimum Gasteiger partial charge on any atom is -0.468 e. The quantitative estimate of drug-likeness (QED) is 0.761. The molecule has 1 saturated heterocycles. The maximum atomic E-state index is 11.7. The van der Waals surface area contributed by atoms with Crippen LogP contribution < -0.4 is 0 Å². The van der Waals surface area contributed by atoms with Crippen molar-refractivity contribution in [3.05, 3.63) is 11.7 Å². The number of esters is 1. The van der Waals surface area contributed by atoms with Crippen molar-refractivity contribution in [3.8, 4) is 0 Å². The number of unbranched alkanes of at least 4 members (excludes halogenated alkanes) is 1. The molecule has 112 valence electrons. The summed E-state index contributed by atoms with van der Waals surface area (Å²) in [5.74, 6) is 0.822. The topological polar surface area (TPSA) is 88.7 Å². The first-order valence-electron chi connectivity index (χ1n) is 6.95. The molecule has 2 unspecified atom stereocenters. The number of hydrogen-bond acceptors (Lipinski definition) is 7. The molecule has 7 heteroatoms. The zero-order valence-electron chi connectivity index (χ0n) is 11.9. The Balaban J connectivity index is 1.97. The van der Waals surface area contributed by atoms with Crippen molar-refractivity contribution in [2.45, 2.75) is 51.3 Å². The van der Waals surface area contributed by atoms with Crippen LogP contribution >= 0.6 is 0 Å². The number of carbonyl (C=O) groups excluding carboxylic acids is 1. The normalized spacial score (nSPS) is 23.1. The van der Waals surface area contributed by atoms with Crippen LogP contribution in [0.15, 0.2) is 4.52 Å². The van der Waals surface area contributed by atoms with Crippen LogP contribution in [0.4, 0.5) is 0 Å². The lowest BCUT2D eigenvalue weighted by molar-refractivity contribution is -0.146. The van der Waals surface area contributed by atoms with Gasteiger partial charge in [0.2, 0.25) is 5.89 Å². The smallest absolute Gasteiger partial charge is 0.323 e. The molecule has 0 radical (unpaired) electrons. The number of carbonyl (C=O) groups is 1. The summed E-state index contributed by atoms with van der Waals surface area (Å²) >= 11 is 0. The number of rotatable bonds is 6. The number of likely N-dealkylation sites (tertiary alicyclic amines) is 1. The van der Waals surface area contributed by atoms with E-state index in [2.05, 4.69) is 17.1 Å². The zero-order chi connectivity index (χ0) is 14.5. The third kappa shape index (κ3) is 3.55. The van der Waals surface area contributed by atoms with Crippen molar-refractivity contribution in [2.75, 3.05) is 13.7 Å². The Morgan fingerprint density at radius 1 is 1.60 bits per heavy atom. The highest BCUT2D eigenvalue weighted by Crippen LogP contribution is 2.21. The molecule has 0 aromatic carbocycles. The molecular formula is C13H21N3O4. The standard InChI is InChI=1S/C13H21N3O4/c1-3-4-5-11-14-12(20-15-11)8-16-7-9(17)6-10(16)13(18)19-2/h9-10,17H,3-8H2,1-2H3. The lowest BCUT2D eigenvalue weighted by Gasteiger charge is -2.19. The van der Waals surface area contributed by atoms with Crippen LogP contribution in [0.1, 0.15) is 37.9 Å². The predicted molar refractivity (Wildman–Crippen MR) is 69.7 cm³/mol. The fourth-order valence-corrected chi connectivity index (χ4v) is 2.40. The maximum Gasteiger partial charge on any atom is 0.323 e. The van der Waals surface area contributed by atoms with E-state index in [1.807, 2.05) is 4.90 Å². The van der Waals surface area contributed by atoms with E-state index in [1.54, 1.807) is 0 Å². The van der Waals surface area contributed by atoms with E-state index in [1.165, 1.54) is 7.11 Å². The molecule has 20 heavy (non-hydrogen) atoms. The molecule has 0 aliphatic carbocycles. The first kappa shape index (κ1) is 14.9. The van der Waals surface area contributed by atoms with Crippen molar-refractivity contribution in [3.63, 3.8) is 0 Å². The Bertz CT molecular complexity index is 449. The van der Waals surface area contributed by atoms with Gasteiger partial charge < -0.3 is 14.4 Å². The van der Waals surface area contributed by atoms with Crippen molar-refractivity contribution in [1.82, 2.24) is 15.0 Å². The summed E-state index contributed by atoms with van der Waals surface area (Å²) < 4.78 is 9.93. The molecule has 2 atom stereocenters. The SMILES string of the molecule is CCCCc1noc(CN2CC(O)CC2C(=O)OC)n1. The maximum absolute atomic E-state index is 11.7. The Labute approximate surface area is 117 Å². The van der Waals surface area contributed by atoms with E-state index >= 15 is 0 Å². The summed E-state index contributed by atoms with van der Waals surface area (Å²) in [6, 6.07) is -0.444. The van der Waals surface area contributed by atoms with E-state index in [0.29, 0.717) is 31.2 Å². The van der Waals surface area contributed by atoms with Gasteiger partial charge in [-0.2, -0.15) is 4.98 Å². The van der Waals surface area contributed by atoms with Crippen LogP contribution in [-0.4, -0.2) is 51.9 Å². The van der Waals surface area contributed by atoms with Gasteiger partial charge in [-0.3, -0.25) is 9.69 Å². The van der Waals surface area contributed by atoms with Gasteiger partial charge >= 0.3 is 5.97 Å². The van der Waals surface area contributed by atoms with E-state index in [0.717, 1.165) is 19.3 Å². The lowest BCUT2D eigenvalue weighted by atomic mass is 10.2. The second kappa shape index (κ2) is 6.81. The van der Waals surface area contributed by atoms with Crippen molar-refractivity contribution < 1.29 is 19.2 Å². The second-order valence-corrected chi connectivity index (χ2v) is 5.07. The molecule has 2 rings (SSSR count). The molecule has 2 heterocycles. The van der Waals surface area contributed by atoms with Gasteiger partial charge in [0.15, 0.2) is 5.82 Å². The summed E-state index contributed by atoms with van der Waals surface area (Å²) in [5.41, 5.74) is 0. The number of aliphatic hydroxyl groups is 1. The molecule has 0 spiro atoms. The summed E-state index contributed by atoms with van der Waals surface area (Å²) in [7, 11) is 1.35. The third-order valence-corrected chi connectivity index (χ3v) is 3.46. The minimum atomic E-state index is -0.526. The van der Waals surface area contributed by atoms with Gasteiger partial charge in [-0.1, -0.05) is 18.5 Å². The van der Waals surface area contributed by atoms with Gasteiger partial charge in [0.1, 0.15) is 6.04 Å². The molecule has 1 N–H and O–H groups in total. The molecule has 1 aromatic rings. The largest absolute Gasteiger partial charge is 0.468 e. The number of aromatic nitrogens is 2. The third-order valence-electron chi connectivity index (χ3n) is 3.46. The molecule has 1 fully saturated rings. The highest BCUT2D eigenvalue weighted by Gasteiger charge is 2.37. The number of aliphatic hydroxyl groups excluding tert-OH is 1. The Morgan fingerprint density at radius 2 is 2.40 bits per heavy atom. The summed E-state index contributed by atoms with van der Waals surface area (Å²) in [6.45, 7) is 2.87.